The van der Waals surface area contributed by atoms with Gasteiger partial charge in [-0.1, -0.05) is 18.2 Å². The van der Waals surface area contributed by atoms with Crippen LogP contribution in [-0.2, 0) is 6.42 Å². The lowest BCUT2D eigenvalue weighted by Crippen LogP contribution is -2.05. The summed E-state index contributed by atoms with van der Waals surface area (Å²) in [5.74, 6) is 0.755. The van der Waals surface area contributed by atoms with Gasteiger partial charge in [0, 0.05) is 18.3 Å². The third-order valence-corrected chi connectivity index (χ3v) is 2.82. The van der Waals surface area contributed by atoms with E-state index in [1.807, 2.05) is 49.4 Å². The Bertz CT molecular complexity index is 537. The number of ether oxygens (including phenoxy) is 1. The molecule has 2 aromatic rings. The first kappa shape index (κ1) is 13.3. The van der Waals surface area contributed by atoms with Crippen LogP contribution in [-0.4, -0.2) is 17.4 Å². The largest absolute Gasteiger partial charge is 0.493 e. The maximum Gasteiger partial charge on any atom is 0.166 e. The third-order valence-electron chi connectivity index (χ3n) is 2.82. The molecule has 0 atom stereocenters. The normalized spacial score (nSPS) is 10.2. The van der Waals surface area contributed by atoms with Gasteiger partial charge < -0.3 is 4.74 Å². The molecule has 0 unspecified atom stereocenters. The fraction of sp³-hybridized carbons (Fsp3) is 0.250. The van der Waals surface area contributed by atoms with E-state index in [2.05, 4.69) is 4.98 Å². The summed E-state index contributed by atoms with van der Waals surface area (Å²) in [7, 11) is 0. The molecule has 19 heavy (non-hydrogen) atoms. The van der Waals surface area contributed by atoms with Gasteiger partial charge in [-0.05, 0) is 37.6 Å². The van der Waals surface area contributed by atoms with Crippen LogP contribution < -0.4 is 4.74 Å². The molecule has 1 aromatic heterocycles. The van der Waals surface area contributed by atoms with E-state index in [1.54, 1.807) is 6.20 Å². The predicted molar refractivity (Wildman–Crippen MR) is 74.5 cm³/mol. The van der Waals surface area contributed by atoms with Crippen molar-refractivity contribution in [2.45, 2.75) is 19.8 Å². The fourth-order valence-electron chi connectivity index (χ4n) is 1.90. The molecule has 1 heterocycles. The van der Waals surface area contributed by atoms with Crippen molar-refractivity contribution < 1.29 is 9.53 Å². The van der Waals surface area contributed by atoms with E-state index in [-0.39, 0.29) is 5.78 Å². The Balaban J connectivity index is 2.04. The van der Waals surface area contributed by atoms with E-state index in [9.17, 15) is 4.79 Å². The van der Waals surface area contributed by atoms with E-state index < -0.39 is 0 Å². The number of aryl methyl sites for hydroxylation is 1. The number of hydrogen-bond acceptors (Lipinski definition) is 3. The van der Waals surface area contributed by atoms with Crippen molar-refractivity contribution in [3.63, 3.8) is 0 Å². The average Bonchev–Trinajstić information content (AvgIpc) is 2.47. The van der Waals surface area contributed by atoms with Gasteiger partial charge in [-0.2, -0.15) is 0 Å². The number of pyridine rings is 1. The molecule has 0 saturated carbocycles. The maximum absolute atomic E-state index is 12.2. The lowest BCUT2D eigenvalue weighted by Gasteiger charge is -2.08. The molecule has 0 aliphatic heterocycles. The topological polar surface area (TPSA) is 39.2 Å². The molecule has 0 aliphatic rings. The summed E-state index contributed by atoms with van der Waals surface area (Å²) in [6.45, 7) is 2.47. The number of aromatic nitrogens is 1. The molecule has 3 heteroatoms. The molecule has 0 spiro atoms. The smallest absolute Gasteiger partial charge is 0.166 e. The van der Waals surface area contributed by atoms with Crippen LogP contribution in [0.3, 0.4) is 0 Å². The Morgan fingerprint density at radius 2 is 1.95 bits per heavy atom. The quantitative estimate of drug-likeness (QED) is 0.743. The first-order chi connectivity index (χ1) is 9.31. The number of para-hydroxylation sites is 1. The highest BCUT2D eigenvalue weighted by Crippen LogP contribution is 2.20. The molecule has 0 aliphatic carbocycles. The molecule has 2 rings (SSSR count). The molecule has 0 fully saturated rings. The summed E-state index contributed by atoms with van der Waals surface area (Å²) < 4.78 is 5.47. The molecule has 0 bridgehead atoms. The molecule has 0 amide bonds. The molecule has 0 N–H and O–H groups in total. The monoisotopic (exact) mass is 255 g/mol. The molecule has 0 radical (unpaired) electrons. The van der Waals surface area contributed by atoms with Crippen LogP contribution >= 0.6 is 0 Å². The summed E-state index contributed by atoms with van der Waals surface area (Å²) in [5, 5.41) is 0. The number of carbonyl (C=O) groups is 1. The zero-order valence-corrected chi connectivity index (χ0v) is 11.0. The molecule has 0 saturated heterocycles. The number of ketones is 1. The van der Waals surface area contributed by atoms with Gasteiger partial charge in [-0.25, -0.2) is 0 Å². The van der Waals surface area contributed by atoms with Gasteiger partial charge >= 0.3 is 0 Å². The van der Waals surface area contributed by atoms with Crippen LogP contribution in [0.15, 0.2) is 48.7 Å². The van der Waals surface area contributed by atoms with Crippen LogP contribution in [0.2, 0.25) is 0 Å². The van der Waals surface area contributed by atoms with Crippen LogP contribution in [0.1, 0.15) is 29.4 Å². The highest BCUT2D eigenvalue weighted by Gasteiger charge is 2.11. The Morgan fingerprint density at radius 3 is 2.68 bits per heavy atom. The lowest BCUT2D eigenvalue weighted by atomic mass is 10.0. The fourth-order valence-corrected chi connectivity index (χ4v) is 1.90. The van der Waals surface area contributed by atoms with E-state index in [0.29, 0.717) is 30.8 Å². The standard InChI is InChI=1S/C16H17NO2/c1-2-19-16-9-4-3-8-14(16)15(18)11-10-13-7-5-6-12-17-13/h3-9,12H,2,10-11H2,1H3. The lowest BCUT2D eigenvalue weighted by molar-refractivity contribution is 0.0979. The van der Waals surface area contributed by atoms with Crippen molar-refractivity contribution in [3.05, 3.63) is 59.9 Å². The number of benzene rings is 1. The maximum atomic E-state index is 12.2. The average molecular weight is 255 g/mol. The Hall–Kier alpha value is -2.16. The minimum absolute atomic E-state index is 0.0923. The van der Waals surface area contributed by atoms with Crippen LogP contribution in [0.4, 0.5) is 0 Å². The second kappa shape index (κ2) is 6.69. The van der Waals surface area contributed by atoms with Crippen LogP contribution in [0, 0.1) is 0 Å². The van der Waals surface area contributed by atoms with Crippen molar-refractivity contribution >= 4 is 5.78 Å². The van der Waals surface area contributed by atoms with Gasteiger partial charge in [0.15, 0.2) is 5.78 Å². The predicted octanol–water partition coefficient (Wildman–Crippen LogP) is 3.30. The SMILES string of the molecule is CCOc1ccccc1C(=O)CCc1ccccn1. The Labute approximate surface area is 113 Å². The zero-order chi connectivity index (χ0) is 13.5. The second-order valence-electron chi connectivity index (χ2n) is 4.17. The summed E-state index contributed by atoms with van der Waals surface area (Å²) in [4.78, 5) is 16.4. The highest BCUT2D eigenvalue weighted by molar-refractivity contribution is 5.98. The zero-order valence-electron chi connectivity index (χ0n) is 11.0. The molecule has 98 valence electrons. The summed E-state index contributed by atoms with van der Waals surface area (Å²) in [6.07, 6.45) is 2.84. The number of carbonyl (C=O) groups excluding carboxylic acids is 1. The summed E-state index contributed by atoms with van der Waals surface area (Å²) in [6, 6.07) is 13.1. The number of Topliss-reactive ketones (excluding diaryl/α,β-unsaturated/α-hetero) is 1. The van der Waals surface area contributed by atoms with Crippen LogP contribution in [0.5, 0.6) is 5.75 Å². The van der Waals surface area contributed by atoms with E-state index >= 15 is 0 Å². The number of hydrogen-bond donors (Lipinski definition) is 0. The van der Waals surface area contributed by atoms with Gasteiger partial charge in [0.05, 0.1) is 12.2 Å². The van der Waals surface area contributed by atoms with Crippen molar-refractivity contribution in [2.24, 2.45) is 0 Å². The Kier molecular flexibility index (Phi) is 4.67. The van der Waals surface area contributed by atoms with E-state index in [1.165, 1.54) is 0 Å². The summed E-state index contributed by atoms with van der Waals surface area (Å²) in [5.41, 5.74) is 1.59. The van der Waals surface area contributed by atoms with E-state index in [0.717, 1.165) is 5.69 Å². The van der Waals surface area contributed by atoms with Gasteiger partial charge in [0.2, 0.25) is 0 Å². The molecule has 3 nitrogen and oxygen atoms in total. The first-order valence-electron chi connectivity index (χ1n) is 6.46. The molecular weight excluding hydrogens is 238 g/mol. The van der Waals surface area contributed by atoms with Crippen molar-refractivity contribution in [1.82, 2.24) is 4.98 Å². The minimum Gasteiger partial charge on any atom is -0.493 e. The van der Waals surface area contributed by atoms with Gasteiger partial charge in [0.25, 0.3) is 0 Å². The van der Waals surface area contributed by atoms with Gasteiger partial charge in [0.1, 0.15) is 5.75 Å². The van der Waals surface area contributed by atoms with Crippen molar-refractivity contribution in [1.29, 1.82) is 0 Å². The first-order valence-corrected chi connectivity index (χ1v) is 6.46. The van der Waals surface area contributed by atoms with Crippen LogP contribution in [0.25, 0.3) is 0 Å². The number of rotatable bonds is 6. The minimum atomic E-state index is 0.0923. The van der Waals surface area contributed by atoms with Crippen molar-refractivity contribution in [2.75, 3.05) is 6.61 Å². The third kappa shape index (κ3) is 3.65. The molecular formula is C16H17NO2. The van der Waals surface area contributed by atoms with Gasteiger partial charge in [-0.3, -0.25) is 9.78 Å². The highest BCUT2D eigenvalue weighted by atomic mass is 16.5. The Morgan fingerprint density at radius 1 is 1.16 bits per heavy atom. The molecule has 1 aromatic carbocycles. The number of nitrogens with zero attached hydrogens (tertiary/aromatic N) is 1. The second-order valence-corrected chi connectivity index (χ2v) is 4.17. The van der Waals surface area contributed by atoms with E-state index in [4.69, 9.17) is 4.74 Å². The van der Waals surface area contributed by atoms with Crippen molar-refractivity contribution in [3.8, 4) is 5.75 Å². The summed E-state index contributed by atoms with van der Waals surface area (Å²) >= 11 is 0. The van der Waals surface area contributed by atoms with Gasteiger partial charge in [-0.15, -0.1) is 0 Å².